The van der Waals surface area contributed by atoms with Gasteiger partial charge in [-0.25, -0.2) is 9.37 Å². The Kier molecular flexibility index (Phi) is 4.63. The first-order chi connectivity index (χ1) is 9.10. The van der Waals surface area contributed by atoms with Crippen LogP contribution in [-0.2, 0) is 17.8 Å². The van der Waals surface area contributed by atoms with Crippen molar-refractivity contribution in [1.29, 1.82) is 0 Å². The van der Waals surface area contributed by atoms with Gasteiger partial charge in [-0.2, -0.15) is 0 Å². The minimum absolute atomic E-state index is 0.101. The van der Waals surface area contributed by atoms with E-state index in [2.05, 4.69) is 9.97 Å². The third-order valence-electron chi connectivity index (χ3n) is 2.54. The molecule has 1 heterocycles. The molecule has 0 atom stereocenters. The third kappa shape index (κ3) is 3.59. The molecule has 3 nitrogen and oxygen atoms in total. The fourth-order valence-electron chi connectivity index (χ4n) is 1.75. The first kappa shape index (κ1) is 14.1. The molecular formula is C13H12ClFN2OS. The van der Waals surface area contributed by atoms with Crippen molar-refractivity contribution in [2.75, 3.05) is 7.11 Å². The van der Waals surface area contributed by atoms with Crippen LogP contribution in [-0.4, -0.2) is 17.1 Å². The first-order valence-corrected chi connectivity index (χ1v) is 6.39. The van der Waals surface area contributed by atoms with E-state index >= 15 is 0 Å². The van der Waals surface area contributed by atoms with Gasteiger partial charge in [0, 0.05) is 19.2 Å². The minimum atomic E-state index is -0.428. The molecule has 100 valence electrons. The average Bonchev–Trinajstić information content (AvgIpc) is 2.35. The van der Waals surface area contributed by atoms with E-state index in [1.165, 1.54) is 6.07 Å². The summed E-state index contributed by atoms with van der Waals surface area (Å²) in [5.41, 5.74) is 1.28. The smallest absolute Gasteiger partial charge is 0.145 e. The van der Waals surface area contributed by atoms with E-state index in [0.29, 0.717) is 29.1 Å². The van der Waals surface area contributed by atoms with Gasteiger partial charge >= 0.3 is 0 Å². The average molecular weight is 299 g/mol. The van der Waals surface area contributed by atoms with Crippen molar-refractivity contribution in [3.05, 3.63) is 56.8 Å². The van der Waals surface area contributed by atoms with Crippen LogP contribution in [0.5, 0.6) is 0 Å². The summed E-state index contributed by atoms with van der Waals surface area (Å²) in [6, 6.07) is 6.60. The van der Waals surface area contributed by atoms with Crippen molar-refractivity contribution in [2.45, 2.75) is 13.0 Å². The van der Waals surface area contributed by atoms with E-state index in [1.807, 2.05) is 0 Å². The number of methoxy groups -OCH3 is 1. The SMILES string of the molecule is COCc1cc(=S)nc(Cc2cccc(Cl)c2F)[nH]1. The molecule has 0 saturated carbocycles. The Hall–Kier alpha value is -1.30. The number of aromatic nitrogens is 2. The lowest BCUT2D eigenvalue weighted by molar-refractivity contribution is 0.181. The number of rotatable bonds is 4. The molecular weight excluding hydrogens is 287 g/mol. The van der Waals surface area contributed by atoms with Crippen LogP contribution in [0.25, 0.3) is 0 Å². The highest BCUT2D eigenvalue weighted by atomic mass is 35.5. The van der Waals surface area contributed by atoms with Crippen LogP contribution >= 0.6 is 23.8 Å². The van der Waals surface area contributed by atoms with Gasteiger partial charge in [-0.15, -0.1) is 0 Å². The van der Waals surface area contributed by atoms with Crippen LogP contribution in [0.15, 0.2) is 24.3 Å². The van der Waals surface area contributed by atoms with E-state index in [1.54, 1.807) is 25.3 Å². The van der Waals surface area contributed by atoms with E-state index in [0.717, 1.165) is 5.69 Å². The predicted molar refractivity (Wildman–Crippen MR) is 74.4 cm³/mol. The zero-order valence-electron chi connectivity index (χ0n) is 10.2. The summed E-state index contributed by atoms with van der Waals surface area (Å²) in [6.45, 7) is 0.400. The number of aromatic amines is 1. The van der Waals surface area contributed by atoms with Gasteiger partial charge in [0.15, 0.2) is 0 Å². The summed E-state index contributed by atoms with van der Waals surface area (Å²) >= 11 is 10.8. The third-order valence-corrected chi connectivity index (χ3v) is 3.04. The van der Waals surface area contributed by atoms with Crippen molar-refractivity contribution < 1.29 is 9.13 Å². The van der Waals surface area contributed by atoms with Gasteiger partial charge in [-0.05, 0) is 17.7 Å². The lowest BCUT2D eigenvalue weighted by Gasteiger charge is -2.07. The Labute approximate surface area is 120 Å². The van der Waals surface area contributed by atoms with E-state index in [9.17, 15) is 4.39 Å². The van der Waals surface area contributed by atoms with Crippen LogP contribution in [0, 0.1) is 10.5 Å². The van der Waals surface area contributed by atoms with Crippen molar-refractivity contribution in [3.8, 4) is 0 Å². The Morgan fingerprint density at radius 3 is 3.00 bits per heavy atom. The largest absolute Gasteiger partial charge is 0.378 e. The second-order valence-electron chi connectivity index (χ2n) is 4.01. The van der Waals surface area contributed by atoms with Gasteiger partial charge in [0.05, 0.1) is 11.6 Å². The zero-order chi connectivity index (χ0) is 13.8. The predicted octanol–water partition coefficient (Wildman–Crippen LogP) is 3.67. The summed E-state index contributed by atoms with van der Waals surface area (Å²) in [5.74, 6) is 0.156. The summed E-state index contributed by atoms with van der Waals surface area (Å²) in [4.78, 5) is 7.24. The number of H-pyrrole nitrogens is 1. The van der Waals surface area contributed by atoms with Crippen molar-refractivity contribution in [2.24, 2.45) is 0 Å². The second kappa shape index (κ2) is 6.23. The van der Waals surface area contributed by atoms with Crippen LogP contribution in [0.1, 0.15) is 17.1 Å². The molecule has 0 aliphatic heterocycles. The highest BCUT2D eigenvalue weighted by Crippen LogP contribution is 2.19. The van der Waals surface area contributed by atoms with Gasteiger partial charge in [0.2, 0.25) is 0 Å². The topological polar surface area (TPSA) is 37.9 Å². The van der Waals surface area contributed by atoms with Gasteiger partial charge < -0.3 is 9.72 Å². The van der Waals surface area contributed by atoms with Crippen molar-refractivity contribution in [3.63, 3.8) is 0 Å². The Morgan fingerprint density at radius 1 is 1.47 bits per heavy atom. The molecule has 0 amide bonds. The Bertz CT molecular complexity index is 645. The molecule has 0 unspecified atom stereocenters. The van der Waals surface area contributed by atoms with Crippen LogP contribution in [0.2, 0.25) is 5.02 Å². The molecule has 1 aromatic carbocycles. The Morgan fingerprint density at radius 2 is 2.26 bits per heavy atom. The van der Waals surface area contributed by atoms with Crippen molar-refractivity contribution >= 4 is 23.8 Å². The van der Waals surface area contributed by atoms with Crippen LogP contribution in [0.4, 0.5) is 4.39 Å². The summed E-state index contributed by atoms with van der Waals surface area (Å²) in [7, 11) is 1.59. The number of nitrogens with zero attached hydrogens (tertiary/aromatic N) is 1. The number of nitrogens with one attached hydrogen (secondary N) is 1. The molecule has 2 aromatic rings. The highest BCUT2D eigenvalue weighted by molar-refractivity contribution is 7.71. The quantitative estimate of drug-likeness (QED) is 0.875. The molecule has 1 aromatic heterocycles. The minimum Gasteiger partial charge on any atom is -0.378 e. The van der Waals surface area contributed by atoms with Crippen LogP contribution < -0.4 is 0 Å². The maximum atomic E-state index is 13.8. The second-order valence-corrected chi connectivity index (χ2v) is 4.84. The first-order valence-electron chi connectivity index (χ1n) is 5.61. The molecule has 0 radical (unpaired) electrons. The normalized spacial score (nSPS) is 10.7. The molecule has 2 rings (SSSR count). The lowest BCUT2D eigenvalue weighted by Crippen LogP contribution is -2.03. The van der Waals surface area contributed by atoms with Gasteiger partial charge in [-0.1, -0.05) is 36.0 Å². The molecule has 0 bridgehead atoms. The fourth-order valence-corrected chi connectivity index (χ4v) is 2.19. The van der Waals surface area contributed by atoms with Gasteiger partial charge in [-0.3, -0.25) is 0 Å². The summed E-state index contributed by atoms with van der Waals surface area (Å²) < 4.78 is 19.3. The maximum absolute atomic E-state index is 13.8. The molecule has 6 heteroatoms. The number of halogens is 2. The number of ether oxygens (including phenoxy) is 1. The Balaban J connectivity index is 2.32. The van der Waals surface area contributed by atoms with Gasteiger partial charge in [0.1, 0.15) is 16.3 Å². The van der Waals surface area contributed by atoms with E-state index < -0.39 is 5.82 Å². The number of hydrogen-bond acceptors (Lipinski definition) is 3. The highest BCUT2D eigenvalue weighted by Gasteiger charge is 2.08. The molecule has 19 heavy (non-hydrogen) atoms. The summed E-state index contributed by atoms with van der Waals surface area (Å²) in [5, 5.41) is 0.101. The zero-order valence-corrected chi connectivity index (χ0v) is 11.8. The standard InChI is InChI=1S/C13H12ClFN2OS/c1-18-7-9-6-12(19)17-11(16-9)5-8-3-2-4-10(14)13(8)15/h2-4,6H,5,7H2,1H3,(H,16,17,19). The number of hydrogen-bond donors (Lipinski definition) is 1. The van der Waals surface area contributed by atoms with E-state index in [-0.39, 0.29) is 5.02 Å². The summed E-state index contributed by atoms with van der Waals surface area (Å²) in [6.07, 6.45) is 0.299. The molecule has 0 saturated heterocycles. The molecule has 0 fully saturated rings. The molecule has 0 spiro atoms. The fraction of sp³-hybridized carbons (Fsp3) is 0.231. The van der Waals surface area contributed by atoms with Gasteiger partial charge in [0.25, 0.3) is 0 Å². The van der Waals surface area contributed by atoms with E-state index in [4.69, 9.17) is 28.6 Å². The molecule has 1 N–H and O–H groups in total. The number of benzene rings is 1. The monoisotopic (exact) mass is 298 g/mol. The molecule has 0 aliphatic carbocycles. The van der Waals surface area contributed by atoms with Crippen molar-refractivity contribution in [1.82, 2.24) is 9.97 Å². The molecule has 0 aliphatic rings. The maximum Gasteiger partial charge on any atom is 0.145 e. The lowest BCUT2D eigenvalue weighted by atomic mass is 10.1. The van der Waals surface area contributed by atoms with Crippen LogP contribution in [0.3, 0.4) is 0 Å².